The van der Waals surface area contributed by atoms with Crippen molar-refractivity contribution >= 4 is 0 Å². The lowest BCUT2D eigenvalue weighted by molar-refractivity contribution is 0.210. The molecule has 0 spiro atoms. The largest absolute Gasteiger partial charge is 0.493 e. The first-order valence-corrected chi connectivity index (χ1v) is 3.05. The van der Waals surface area contributed by atoms with E-state index >= 15 is 0 Å². The van der Waals surface area contributed by atoms with E-state index in [1.165, 1.54) is 0 Å². The van der Waals surface area contributed by atoms with Crippen LogP contribution in [0.2, 0.25) is 0 Å². The van der Waals surface area contributed by atoms with Crippen molar-refractivity contribution in [2.24, 2.45) is 5.41 Å². The smallest absolute Gasteiger partial charge is 0.115 e. The Kier molecular flexibility index (Phi) is 1.16. The Morgan fingerprint density at radius 3 is 2.11 bits per heavy atom. The number of hydrogen-bond acceptors (Lipinski definition) is 1. The van der Waals surface area contributed by atoms with Crippen LogP contribution in [-0.4, -0.2) is 6.61 Å². The van der Waals surface area contributed by atoms with Gasteiger partial charge < -0.3 is 4.74 Å². The van der Waals surface area contributed by atoms with Crippen LogP contribution in [0.25, 0.3) is 0 Å². The fraction of sp³-hybridized carbons (Fsp3) is 0.500. The molecule has 0 bridgehead atoms. The van der Waals surface area contributed by atoms with Gasteiger partial charge in [-0.2, -0.15) is 0 Å². The summed E-state index contributed by atoms with van der Waals surface area (Å²) in [5.74, 6) is 0.750. The lowest BCUT2D eigenvalue weighted by atomic mass is 9.88. The summed E-state index contributed by atoms with van der Waals surface area (Å²) in [7, 11) is 0. The summed E-state index contributed by atoms with van der Waals surface area (Å²) < 4.78 is 5.19. The molecule has 0 amide bonds. The zero-order valence-electron chi connectivity index (χ0n) is 6.03. The highest BCUT2D eigenvalue weighted by atomic mass is 16.5. The lowest BCUT2D eigenvalue weighted by Crippen LogP contribution is -2.11. The Morgan fingerprint density at radius 2 is 2.00 bits per heavy atom. The highest BCUT2D eigenvalue weighted by molar-refractivity contribution is 5.30. The number of hydrogen-bond donors (Lipinski definition) is 0. The van der Waals surface area contributed by atoms with Gasteiger partial charge in [0.25, 0.3) is 0 Å². The maximum atomic E-state index is 5.19. The van der Waals surface area contributed by atoms with Crippen LogP contribution in [0.1, 0.15) is 13.8 Å². The molecule has 0 atom stereocenters. The van der Waals surface area contributed by atoms with Gasteiger partial charge >= 0.3 is 0 Å². The fourth-order valence-electron chi connectivity index (χ4n) is 0.819. The first-order valence-electron chi connectivity index (χ1n) is 3.05. The minimum absolute atomic E-state index is 0.108. The molecule has 0 aromatic rings. The van der Waals surface area contributed by atoms with Crippen molar-refractivity contribution in [3.63, 3.8) is 0 Å². The zero-order chi connectivity index (χ0) is 7.07. The molecule has 1 heterocycles. The molecule has 0 aromatic heterocycles. The predicted octanol–water partition coefficient (Wildman–Crippen LogP) is 2.11. The van der Waals surface area contributed by atoms with Gasteiger partial charge in [-0.05, 0) is 5.57 Å². The molecule has 1 rings (SSSR count). The molecular formula is C8H12O. The van der Waals surface area contributed by atoms with Crippen molar-refractivity contribution in [2.45, 2.75) is 13.8 Å². The third-order valence-corrected chi connectivity index (χ3v) is 1.76. The van der Waals surface area contributed by atoms with E-state index in [9.17, 15) is 0 Å². The van der Waals surface area contributed by atoms with E-state index < -0.39 is 0 Å². The molecule has 1 saturated heterocycles. The van der Waals surface area contributed by atoms with Crippen LogP contribution in [0.4, 0.5) is 0 Å². The highest BCUT2D eigenvalue weighted by Gasteiger charge is 2.31. The van der Waals surface area contributed by atoms with Crippen LogP contribution in [-0.2, 0) is 4.74 Å². The SMILES string of the molecule is C=C1OCC(C)(C)C1=C. The fourth-order valence-corrected chi connectivity index (χ4v) is 0.819. The first kappa shape index (κ1) is 6.40. The molecule has 0 N–H and O–H groups in total. The summed E-state index contributed by atoms with van der Waals surface area (Å²) in [6, 6.07) is 0. The van der Waals surface area contributed by atoms with Gasteiger partial charge in [0.1, 0.15) is 5.76 Å². The van der Waals surface area contributed by atoms with Crippen LogP contribution in [0, 0.1) is 5.41 Å². The van der Waals surface area contributed by atoms with Crippen LogP contribution in [0.3, 0.4) is 0 Å². The van der Waals surface area contributed by atoms with Gasteiger partial charge in [-0.1, -0.05) is 27.0 Å². The van der Waals surface area contributed by atoms with Gasteiger partial charge in [-0.15, -0.1) is 0 Å². The average molecular weight is 124 g/mol. The van der Waals surface area contributed by atoms with Gasteiger partial charge in [-0.25, -0.2) is 0 Å². The summed E-state index contributed by atoms with van der Waals surface area (Å²) in [6.07, 6.45) is 0. The van der Waals surface area contributed by atoms with E-state index in [2.05, 4.69) is 27.0 Å². The topological polar surface area (TPSA) is 9.23 Å². The van der Waals surface area contributed by atoms with Crippen LogP contribution >= 0.6 is 0 Å². The molecule has 0 radical (unpaired) electrons. The van der Waals surface area contributed by atoms with Crippen LogP contribution in [0.15, 0.2) is 24.5 Å². The lowest BCUT2D eigenvalue weighted by Gasteiger charge is -2.13. The normalized spacial score (nSPS) is 24.2. The van der Waals surface area contributed by atoms with E-state index in [-0.39, 0.29) is 5.41 Å². The summed E-state index contributed by atoms with van der Waals surface area (Å²) >= 11 is 0. The quantitative estimate of drug-likeness (QED) is 0.480. The van der Waals surface area contributed by atoms with Gasteiger partial charge in [0, 0.05) is 5.41 Å². The van der Waals surface area contributed by atoms with Gasteiger partial charge in [0.05, 0.1) is 6.61 Å². The standard InChI is InChI=1S/C8H12O/c1-6-7(2)9-5-8(6,3)4/h1-2,5H2,3-4H3. The molecular weight excluding hydrogens is 112 g/mol. The van der Waals surface area contributed by atoms with E-state index in [1.54, 1.807) is 0 Å². The molecule has 1 aliphatic heterocycles. The summed E-state index contributed by atoms with van der Waals surface area (Å²) in [5, 5.41) is 0. The second-order valence-electron chi connectivity index (χ2n) is 3.07. The molecule has 1 aliphatic rings. The molecule has 1 fully saturated rings. The van der Waals surface area contributed by atoms with Crippen molar-refractivity contribution < 1.29 is 4.74 Å². The van der Waals surface area contributed by atoms with Crippen molar-refractivity contribution in [1.82, 2.24) is 0 Å². The molecule has 0 saturated carbocycles. The highest BCUT2D eigenvalue weighted by Crippen LogP contribution is 2.37. The van der Waals surface area contributed by atoms with Crippen molar-refractivity contribution in [3.05, 3.63) is 24.5 Å². The average Bonchev–Trinajstić information content (AvgIpc) is 1.97. The summed E-state index contributed by atoms with van der Waals surface area (Å²) in [5.41, 5.74) is 1.14. The Morgan fingerprint density at radius 1 is 1.44 bits per heavy atom. The second kappa shape index (κ2) is 1.63. The zero-order valence-corrected chi connectivity index (χ0v) is 6.03. The minimum atomic E-state index is 0.108. The molecule has 1 nitrogen and oxygen atoms in total. The monoisotopic (exact) mass is 124 g/mol. The molecule has 9 heavy (non-hydrogen) atoms. The Bertz CT molecular complexity index is 165. The third-order valence-electron chi connectivity index (χ3n) is 1.76. The molecule has 1 heteroatoms. The Balaban J connectivity index is 2.86. The van der Waals surface area contributed by atoms with Crippen molar-refractivity contribution in [1.29, 1.82) is 0 Å². The van der Waals surface area contributed by atoms with E-state index in [1.807, 2.05) is 0 Å². The van der Waals surface area contributed by atoms with E-state index in [0.717, 1.165) is 17.9 Å². The summed E-state index contributed by atoms with van der Waals surface area (Å²) in [4.78, 5) is 0. The maximum absolute atomic E-state index is 5.19. The second-order valence-corrected chi connectivity index (χ2v) is 3.07. The third kappa shape index (κ3) is 0.869. The molecule has 0 unspecified atom stereocenters. The van der Waals surface area contributed by atoms with E-state index in [0.29, 0.717) is 0 Å². The van der Waals surface area contributed by atoms with Gasteiger partial charge in [0.2, 0.25) is 0 Å². The molecule has 0 aliphatic carbocycles. The molecule has 50 valence electrons. The number of allylic oxidation sites excluding steroid dienone is 1. The van der Waals surface area contributed by atoms with Gasteiger partial charge in [-0.3, -0.25) is 0 Å². The maximum Gasteiger partial charge on any atom is 0.115 e. The van der Waals surface area contributed by atoms with Crippen LogP contribution in [0.5, 0.6) is 0 Å². The number of ether oxygens (including phenoxy) is 1. The predicted molar refractivity (Wildman–Crippen MR) is 38.0 cm³/mol. The van der Waals surface area contributed by atoms with Crippen molar-refractivity contribution in [2.75, 3.05) is 6.61 Å². The van der Waals surface area contributed by atoms with Crippen LogP contribution < -0.4 is 0 Å². The van der Waals surface area contributed by atoms with Crippen molar-refractivity contribution in [3.8, 4) is 0 Å². The minimum Gasteiger partial charge on any atom is -0.493 e. The van der Waals surface area contributed by atoms with Gasteiger partial charge in [0.15, 0.2) is 0 Å². The Hall–Kier alpha value is -0.720. The molecule has 0 aromatic carbocycles. The Labute approximate surface area is 56.0 Å². The van der Waals surface area contributed by atoms with E-state index in [4.69, 9.17) is 4.74 Å². The first-order chi connectivity index (χ1) is 4.04. The number of rotatable bonds is 0. The summed E-state index contributed by atoms with van der Waals surface area (Å²) in [6.45, 7) is 12.5.